The van der Waals surface area contributed by atoms with Crippen LogP contribution in [0.5, 0.6) is 0 Å². The summed E-state index contributed by atoms with van der Waals surface area (Å²) < 4.78 is 27.0. The molecule has 0 aromatic heterocycles. The minimum atomic E-state index is -0.481. The smallest absolute Gasteiger partial charge is 0.142 e. The lowest BCUT2D eigenvalue weighted by Crippen LogP contribution is -2.13. The molecule has 2 nitrogen and oxygen atoms in total. The molecule has 0 N–H and O–H groups in total. The van der Waals surface area contributed by atoms with Crippen molar-refractivity contribution >= 4 is 0 Å². The number of rotatable bonds is 5. The van der Waals surface area contributed by atoms with Crippen LogP contribution in [0.2, 0.25) is 0 Å². The topological polar surface area (TPSA) is 47.6 Å². The Bertz CT molecular complexity index is 1330. The number of unbranched alkanes of at least 4 members (excludes halogenated alkanes) is 1. The zero-order chi connectivity index (χ0) is 29.5. The molecular formula is C37H42F2N2. The molecule has 41 heavy (non-hydrogen) atoms. The average molecular weight is 553 g/mol. The van der Waals surface area contributed by atoms with Gasteiger partial charge in [0.2, 0.25) is 0 Å². The van der Waals surface area contributed by atoms with Crippen molar-refractivity contribution in [3.05, 3.63) is 70.3 Å². The third kappa shape index (κ3) is 10.7. The minimum Gasteiger partial charge on any atom is -0.206 e. The number of nitriles is 2. The van der Waals surface area contributed by atoms with E-state index < -0.39 is 11.6 Å². The summed E-state index contributed by atoms with van der Waals surface area (Å²) >= 11 is 0. The largest absolute Gasteiger partial charge is 0.206 e. The SMILES string of the molecule is CCCC1CCC(C#Cc2ccc(C#N)c(F)c2)CC1.CCCCC1CCC(C#Cc2ccc(C#N)c(F)c2)CC1. The van der Waals surface area contributed by atoms with Crippen molar-refractivity contribution in [1.29, 1.82) is 10.5 Å². The van der Waals surface area contributed by atoms with E-state index in [9.17, 15) is 8.78 Å². The molecule has 0 radical (unpaired) electrons. The van der Waals surface area contributed by atoms with Crippen LogP contribution >= 0.6 is 0 Å². The molecule has 2 aromatic carbocycles. The highest BCUT2D eigenvalue weighted by Gasteiger charge is 2.20. The molecule has 0 unspecified atom stereocenters. The lowest BCUT2D eigenvalue weighted by Gasteiger charge is -2.25. The van der Waals surface area contributed by atoms with E-state index in [4.69, 9.17) is 10.5 Å². The molecule has 2 saturated carbocycles. The van der Waals surface area contributed by atoms with E-state index in [0.29, 0.717) is 23.0 Å². The third-order valence-electron chi connectivity index (χ3n) is 8.38. The minimum absolute atomic E-state index is 0.0793. The van der Waals surface area contributed by atoms with Crippen molar-refractivity contribution in [2.24, 2.45) is 23.7 Å². The van der Waals surface area contributed by atoms with Gasteiger partial charge in [-0.3, -0.25) is 0 Å². The van der Waals surface area contributed by atoms with Crippen LogP contribution < -0.4 is 0 Å². The van der Waals surface area contributed by atoms with Crippen LogP contribution in [-0.4, -0.2) is 0 Å². The van der Waals surface area contributed by atoms with Gasteiger partial charge in [-0.15, -0.1) is 0 Å². The second kappa shape index (κ2) is 17.3. The molecule has 214 valence electrons. The van der Waals surface area contributed by atoms with Gasteiger partial charge < -0.3 is 0 Å². The fourth-order valence-electron chi connectivity index (χ4n) is 5.83. The van der Waals surface area contributed by atoms with E-state index in [1.165, 1.54) is 94.9 Å². The summed E-state index contributed by atoms with van der Waals surface area (Å²) in [4.78, 5) is 0. The van der Waals surface area contributed by atoms with Gasteiger partial charge in [-0.2, -0.15) is 10.5 Å². The number of benzene rings is 2. The Morgan fingerprint density at radius 1 is 0.634 bits per heavy atom. The molecule has 2 aliphatic carbocycles. The van der Waals surface area contributed by atoms with Crippen molar-refractivity contribution in [3.63, 3.8) is 0 Å². The van der Waals surface area contributed by atoms with Gasteiger partial charge in [0.1, 0.15) is 23.8 Å². The van der Waals surface area contributed by atoms with Crippen molar-refractivity contribution < 1.29 is 8.78 Å². The third-order valence-corrected chi connectivity index (χ3v) is 8.38. The van der Waals surface area contributed by atoms with E-state index in [1.807, 2.05) is 12.1 Å². The van der Waals surface area contributed by atoms with E-state index >= 15 is 0 Å². The quantitative estimate of drug-likeness (QED) is 0.347. The predicted molar refractivity (Wildman–Crippen MR) is 161 cm³/mol. The van der Waals surface area contributed by atoms with Crippen LogP contribution in [-0.2, 0) is 0 Å². The van der Waals surface area contributed by atoms with E-state index in [0.717, 1.165) is 24.7 Å². The molecule has 0 bridgehead atoms. The summed E-state index contributed by atoms with van der Waals surface area (Å²) in [5.74, 6) is 14.4. The molecule has 0 heterocycles. The second-order valence-corrected chi connectivity index (χ2v) is 11.5. The first-order valence-corrected chi connectivity index (χ1v) is 15.4. The van der Waals surface area contributed by atoms with Crippen LogP contribution in [0.25, 0.3) is 0 Å². The molecule has 0 amide bonds. The fraction of sp³-hybridized carbons (Fsp3) is 0.514. The summed E-state index contributed by atoms with van der Waals surface area (Å²) in [6.07, 6.45) is 16.3. The molecular weight excluding hydrogens is 510 g/mol. The van der Waals surface area contributed by atoms with Crippen LogP contribution in [0.4, 0.5) is 8.78 Å². The maximum Gasteiger partial charge on any atom is 0.142 e. The van der Waals surface area contributed by atoms with Gasteiger partial charge in [-0.1, -0.05) is 69.6 Å². The van der Waals surface area contributed by atoms with Crippen molar-refractivity contribution in [3.8, 4) is 35.8 Å². The Morgan fingerprint density at radius 2 is 1.07 bits per heavy atom. The fourth-order valence-corrected chi connectivity index (χ4v) is 5.83. The number of halogens is 2. The van der Waals surface area contributed by atoms with Crippen LogP contribution in [0.3, 0.4) is 0 Å². The number of hydrogen-bond donors (Lipinski definition) is 0. The summed E-state index contributed by atoms with van der Waals surface area (Å²) in [5.41, 5.74) is 1.49. The monoisotopic (exact) mass is 552 g/mol. The van der Waals surface area contributed by atoms with E-state index in [1.54, 1.807) is 12.1 Å². The zero-order valence-electron chi connectivity index (χ0n) is 24.6. The normalized spacial score (nSPS) is 21.4. The highest BCUT2D eigenvalue weighted by Crippen LogP contribution is 2.32. The van der Waals surface area contributed by atoms with Gasteiger partial charge in [-0.25, -0.2) is 8.78 Å². The summed E-state index contributed by atoms with van der Waals surface area (Å²) in [6.45, 7) is 4.49. The lowest BCUT2D eigenvalue weighted by molar-refractivity contribution is 0.296. The predicted octanol–water partition coefficient (Wildman–Crippen LogP) is 9.70. The molecule has 0 atom stereocenters. The Kier molecular flexibility index (Phi) is 13.4. The van der Waals surface area contributed by atoms with Gasteiger partial charge in [-0.05, 0) is 99.6 Å². The van der Waals surface area contributed by atoms with Gasteiger partial charge in [0, 0.05) is 23.0 Å². The van der Waals surface area contributed by atoms with Gasteiger partial charge >= 0.3 is 0 Å². The van der Waals surface area contributed by atoms with Gasteiger partial charge in [0.25, 0.3) is 0 Å². The summed E-state index contributed by atoms with van der Waals surface area (Å²) in [7, 11) is 0. The van der Waals surface area contributed by atoms with Gasteiger partial charge in [0.05, 0.1) is 11.1 Å². The Balaban J connectivity index is 0.000000226. The van der Waals surface area contributed by atoms with Crippen molar-refractivity contribution in [2.45, 2.75) is 97.3 Å². The number of hydrogen-bond acceptors (Lipinski definition) is 2. The molecule has 0 saturated heterocycles. The van der Waals surface area contributed by atoms with Crippen molar-refractivity contribution in [2.75, 3.05) is 0 Å². The standard InChI is InChI=1S/C19H22FN.C18H20FN/c1-2-3-4-15-5-7-16(8-6-15)9-10-17-11-12-18(14-21)19(20)13-17;1-2-3-14-4-6-15(7-5-14)8-9-16-10-11-17(13-20)18(19)12-16/h11-13,15-16H,2-8H2,1H3;10-12,14-15H,2-7H2,1H3. The zero-order valence-corrected chi connectivity index (χ0v) is 24.6. The number of nitrogens with zero attached hydrogens (tertiary/aromatic N) is 2. The van der Waals surface area contributed by atoms with Gasteiger partial charge in [0.15, 0.2) is 0 Å². The molecule has 0 aliphatic heterocycles. The first kappa shape index (κ1) is 31.9. The Morgan fingerprint density at radius 3 is 1.44 bits per heavy atom. The van der Waals surface area contributed by atoms with Crippen LogP contribution in [0, 0.1) is 81.7 Å². The van der Waals surface area contributed by atoms with Crippen molar-refractivity contribution in [1.82, 2.24) is 0 Å². The van der Waals surface area contributed by atoms with E-state index in [2.05, 4.69) is 37.5 Å². The molecule has 0 spiro atoms. The first-order valence-electron chi connectivity index (χ1n) is 15.4. The molecule has 2 aromatic rings. The maximum absolute atomic E-state index is 13.5. The van der Waals surface area contributed by atoms with E-state index in [-0.39, 0.29) is 11.1 Å². The Labute approximate surface area is 246 Å². The second-order valence-electron chi connectivity index (χ2n) is 11.5. The molecule has 2 fully saturated rings. The highest BCUT2D eigenvalue weighted by atomic mass is 19.1. The average Bonchev–Trinajstić information content (AvgIpc) is 3.00. The van der Waals surface area contributed by atoms with Crippen LogP contribution in [0.15, 0.2) is 36.4 Å². The highest BCUT2D eigenvalue weighted by molar-refractivity contribution is 5.42. The molecule has 4 rings (SSSR count). The summed E-state index contributed by atoms with van der Waals surface area (Å²) in [5, 5.41) is 17.4. The summed E-state index contributed by atoms with van der Waals surface area (Å²) in [6, 6.07) is 12.8. The first-order chi connectivity index (χ1) is 19.9. The molecule has 4 heteroatoms. The Hall–Kier alpha value is -3.60. The lowest BCUT2D eigenvalue weighted by atomic mass is 9.80. The van der Waals surface area contributed by atoms with Crippen LogP contribution in [0.1, 0.15) is 120 Å². The maximum atomic E-state index is 13.5. The molecule has 2 aliphatic rings.